The molecule has 0 aliphatic carbocycles. The Bertz CT molecular complexity index is 1660. The molecule has 11 heteroatoms. The second kappa shape index (κ2) is 12.4. The van der Waals surface area contributed by atoms with Gasteiger partial charge in [-0.2, -0.15) is 4.31 Å². The van der Waals surface area contributed by atoms with Crippen LogP contribution in [0.1, 0.15) is 15.9 Å². The van der Waals surface area contributed by atoms with E-state index in [-0.39, 0.29) is 17.1 Å². The molecule has 0 heterocycles. The summed E-state index contributed by atoms with van der Waals surface area (Å²) in [7, 11) is -1.23. The van der Waals surface area contributed by atoms with Crippen molar-refractivity contribution in [3.8, 4) is 22.6 Å². The van der Waals surface area contributed by atoms with Crippen molar-refractivity contribution in [2.45, 2.75) is 11.4 Å². The lowest BCUT2D eigenvalue weighted by Crippen LogP contribution is -2.41. The highest BCUT2D eigenvalue weighted by Crippen LogP contribution is 2.28. The number of likely N-dealkylation sites (N-methyl/N-ethyl adjacent to an activating group) is 1. The van der Waals surface area contributed by atoms with Gasteiger partial charge in [-0.1, -0.05) is 48.0 Å². The number of carboxylic acid groups (broad SMARTS) is 1. The molecule has 0 saturated carbocycles. The van der Waals surface area contributed by atoms with E-state index in [0.29, 0.717) is 16.3 Å². The first-order valence-electron chi connectivity index (χ1n) is 12.3. The monoisotopic (exact) mass is 594 g/mol. The topological polar surface area (TPSA) is 124 Å². The van der Waals surface area contributed by atoms with Gasteiger partial charge in [-0.3, -0.25) is 4.79 Å². The van der Waals surface area contributed by atoms with E-state index in [1.54, 1.807) is 48.5 Å². The third-order valence-corrected chi connectivity index (χ3v) is 8.49. The largest absolute Gasteiger partial charge is 0.507 e. The summed E-state index contributed by atoms with van der Waals surface area (Å²) in [5.74, 6) is -1.83. The van der Waals surface area contributed by atoms with Crippen LogP contribution in [0, 0.1) is 0 Å². The molecule has 4 aromatic rings. The number of methoxy groups -OCH3 is 1. The van der Waals surface area contributed by atoms with Gasteiger partial charge in [-0.05, 0) is 71.3 Å². The van der Waals surface area contributed by atoms with Gasteiger partial charge in [0.2, 0.25) is 15.9 Å². The van der Waals surface area contributed by atoms with Crippen LogP contribution in [0.5, 0.6) is 11.5 Å². The number of aromatic carboxylic acids is 1. The number of carbonyl (C=O) groups excluding carboxylic acids is 1. The van der Waals surface area contributed by atoms with Gasteiger partial charge in [0.15, 0.2) is 0 Å². The fourth-order valence-corrected chi connectivity index (χ4v) is 5.35. The van der Waals surface area contributed by atoms with Crippen LogP contribution in [0.15, 0.2) is 95.9 Å². The van der Waals surface area contributed by atoms with Crippen molar-refractivity contribution in [3.63, 3.8) is 0 Å². The predicted octanol–water partition coefficient (Wildman–Crippen LogP) is 5.27. The second-order valence-electron chi connectivity index (χ2n) is 9.13. The molecule has 0 fully saturated rings. The zero-order chi connectivity index (χ0) is 29.7. The number of ether oxygens (including phenoxy) is 1. The van der Waals surface area contributed by atoms with E-state index in [2.05, 4.69) is 0 Å². The van der Waals surface area contributed by atoms with Gasteiger partial charge in [-0.25, -0.2) is 13.2 Å². The number of benzene rings is 4. The number of nitrogens with zero attached hydrogens (tertiary/aromatic N) is 2. The van der Waals surface area contributed by atoms with Crippen molar-refractivity contribution < 1.29 is 33.0 Å². The Morgan fingerprint density at radius 1 is 0.878 bits per heavy atom. The predicted molar refractivity (Wildman–Crippen MR) is 156 cm³/mol. The molecule has 41 heavy (non-hydrogen) atoms. The van der Waals surface area contributed by atoms with Crippen LogP contribution in [-0.4, -0.2) is 55.5 Å². The Morgan fingerprint density at radius 3 is 2.02 bits per heavy atom. The van der Waals surface area contributed by atoms with Crippen molar-refractivity contribution in [2.24, 2.45) is 0 Å². The lowest BCUT2D eigenvalue weighted by molar-refractivity contribution is -0.118. The number of halogens is 1. The van der Waals surface area contributed by atoms with Crippen LogP contribution >= 0.6 is 11.6 Å². The smallest absolute Gasteiger partial charge is 0.339 e. The number of rotatable bonds is 10. The fourth-order valence-electron chi connectivity index (χ4n) is 4.10. The van der Waals surface area contributed by atoms with Crippen molar-refractivity contribution in [2.75, 3.05) is 25.6 Å². The first-order valence-corrected chi connectivity index (χ1v) is 14.1. The van der Waals surface area contributed by atoms with Crippen LogP contribution in [0.3, 0.4) is 0 Å². The first-order chi connectivity index (χ1) is 19.5. The van der Waals surface area contributed by atoms with Crippen molar-refractivity contribution in [1.29, 1.82) is 0 Å². The third-order valence-electron chi connectivity index (χ3n) is 6.42. The molecule has 4 rings (SSSR count). The van der Waals surface area contributed by atoms with Crippen molar-refractivity contribution in [3.05, 3.63) is 107 Å². The van der Waals surface area contributed by atoms with Gasteiger partial charge in [-0.15, -0.1) is 0 Å². The molecule has 0 saturated heterocycles. The van der Waals surface area contributed by atoms with Gasteiger partial charge in [0.25, 0.3) is 0 Å². The van der Waals surface area contributed by atoms with Gasteiger partial charge < -0.3 is 19.8 Å². The standard InChI is InChI=1S/C30H27ClN2O7S/c1-32(41(38,39)26-14-7-22(8-15-26)21-5-9-23(31)10-6-21)19-29(35)33(18-20-3-12-25(40-2)13-4-20)24-11-16-28(34)27(17-24)30(36)37/h3-17,34H,18-19H2,1-2H3,(H,36,37). The summed E-state index contributed by atoms with van der Waals surface area (Å²) in [5.41, 5.74) is 2.14. The average molecular weight is 595 g/mol. The summed E-state index contributed by atoms with van der Waals surface area (Å²) in [6, 6.07) is 24.1. The van der Waals surface area contributed by atoms with Gasteiger partial charge in [0.05, 0.1) is 25.1 Å². The number of phenols is 1. The van der Waals surface area contributed by atoms with E-state index in [4.69, 9.17) is 16.3 Å². The quantitative estimate of drug-likeness (QED) is 0.256. The maximum absolute atomic E-state index is 13.6. The van der Waals surface area contributed by atoms with Crippen LogP contribution < -0.4 is 9.64 Å². The third kappa shape index (κ3) is 6.86. The Balaban J connectivity index is 1.59. The second-order valence-corrected chi connectivity index (χ2v) is 11.6. The number of carboxylic acids is 1. The van der Waals surface area contributed by atoms with E-state index in [0.717, 1.165) is 15.4 Å². The Morgan fingerprint density at radius 2 is 1.46 bits per heavy atom. The zero-order valence-corrected chi connectivity index (χ0v) is 23.8. The lowest BCUT2D eigenvalue weighted by atomic mass is 10.1. The minimum absolute atomic E-state index is 0.00464. The molecule has 0 atom stereocenters. The molecule has 212 valence electrons. The first kappa shape index (κ1) is 29.6. The highest BCUT2D eigenvalue weighted by molar-refractivity contribution is 7.89. The van der Waals surface area contributed by atoms with Crippen LogP contribution in [0.4, 0.5) is 5.69 Å². The van der Waals surface area contributed by atoms with Crippen LogP contribution in [0.25, 0.3) is 11.1 Å². The molecule has 0 unspecified atom stereocenters. The molecule has 2 N–H and O–H groups in total. The van der Waals surface area contributed by atoms with E-state index < -0.39 is 39.8 Å². The van der Waals surface area contributed by atoms with Crippen molar-refractivity contribution >= 4 is 39.2 Å². The number of amides is 1. The summed E-state index contributed by atoms with van der Waals surface area (Å²) in [6.45, 7) is -0.517. The summed E-state index contributed by atoms with van der Waals surface area (Å²) in [4.78, 5) is 26.5. The molecule has 0 radical (unpaired) electrons. The molecule has 0 aliphatic heterocycles. The molecule has 1 amide bonds. The fraction of sp³-hybridized carbons (Fsp3) is 0.133. The highest BCUT2D eigenvalue weighted by Gasteiger charge is 2.27. The van der Waals surface area contributed by atoms with E-state index in [1.807, 2.05) is 12.1 Å². The van der Waals surface area contributed by atoms with E-state index in [1.165, 1.54) is 49.4 Å². The summed E-state index contributed by atoms with van der Waals surface area (Å²) in [6.07, 6.45) is 0. The summed E-state index contributed by atoms with van der Waals surface area (Å²) in [5, 5.41) is 20.0. The van der Waals surface area contributed by atoms with Crippen LogP contribution in [-0.2, 0) is 21.4 Å². The van der Waals surface area contributed by atoms with Gasteiger partial charge >= 0.3 is 5.97 Å². The Kier molecular flexibility index (Phi) is 8.97. The minimum atomic E-state index is -4.05. The number of hydrogen-bond acceptors (Lipinski definition) is 6. The van der Waals surface area contributed by atoms with Gasteiger partial charge in [0, 0.05) is 17.8 Å². The molecule has 0 aliphatic rings. The Labute approximate surface area is 242 Å². The highest BCUT2D eigenvalue weighted by atomic mass is 35.5. The molecular formula is C30H27ClN2O7S. The maximum atomic E-state index is 13.6. The van der Waals surface area contributed by atoms with Crippen molar-refractivity contribution in [1.82, 2.24) is 4.31 Å². The number of hydrogen-bond donors (Lipinski definition) is 2. The van der Waals surface area contributed by atoms with Gasteiger partial charge in [0.1, 0.15) is 17.1 Å². The number of sulfonamides is 1. The number of aromatic hydroxyl groups is 1. The Hall–Kier alpha value is -4.38. The van der Waals surface area contributed by atoms with E-state index in [9.17, 15) is 28.2 Å². The molecule has 4 aromatic carbocycles. The average Bonchev–Trinajstić information content (AvgIpc) is 2.97. The molecule has 9 nitrogen and oxygen atoms in total. The maximum Gasteiger partial charge on any atom is 0.339 e. The zero-order valence-electron chi connectivity index (χ0n) is 22.2. The lowest BCUT2D eigenvalue weighted by Gasteiger charge is -2.26. The SMILES string of the molecule is COc1ccc(CN(C(=O)CN(C)S(=O)(=O)c2ccc(-c3ccc(Cl)cc3)cc2)c2ccc(O)c(C(=O)O)c2)cc1. The normalized spacial score (nSPS) is 11.3. The summed E-state index contributed by atoms with van der Waals surface area (Å²) < 4.78 is 32.8. The van der Waals surface area contributed by atoms with E-state index >= 15 is 0 Å². The molecule has 0 aromatic heterocycles. The molecule has 0 spiro atoms. The minimum Gasteiger partial charge on any atom is -0.507 e. The molecular weight excluding hydrogens is 568 g/mol. The number of carbonyl (C=O) groups is 2. The number of anilines is 1. The summed E-state index contributed by atoms with van der Waals surface area (Å²) >= 11 is 5.95. The molecule has 0 bridgehead atoms. The van der Waals surface area contributed by atoms with Crippen LogP contribution in [0.2, 0.25) is 5.02 Å².